The number of Topliss-reactive ketones (excluding diaryl/α,β-unsaturated/α-hetero) is 1. The second kappa shape index (κ2) is 6.75. The van der Waals surface area contributed by atoms with Crippen molar-refractivity contribution in [3.05, 3.63) is 0 Å². The van der Waals surface area contributed by atoms with Gasteiger partial charge >= 0.3 is 0 Å². The van der Waals surface area contributed by atoms with Crippen LogP contribution in [0.5, 0.6) is 0 Å². The lowest BCUT2D eigenvalue weighted by Gasteiger charge is -2.61. The van der Waals surface area contributed by atoms with E-state index < -0.39 is 5.60 Å². The van der Waals surface area contributed by atoms with Gasteiger partial charge in [0.1, 0.15) is 12.2 Å². The highest BCUT2D eigenvalue weighted by molar-refractivity contribution is 6.30. The van der Waals surface area contributed by atoms with E-state index in [0.29, 0.717) is 23.7 Å². The summed E-state index contributed by atoms with van der Waals surface area (Å²) in [5.74, 6) is 5.46. The SMILES string of the molecule is C[C@]12CC[C@](O)(C#CCl)C[C@H]1CC[C@@H]1[C@@H]2CC[C@]2(C)[C@@H](C(=O)CO)CC[C@@H]12. The van der Waals surface area contributed by atoms with Crippen LogP contribution in [0.1, 0.15) is 71.6 Å². The summed E-state index contributed by atoms with van der Waals surface area (Å²) >= 11 is 5.61. The van der Waals surface area contributed by atoms with Crippen molar-refractivity contribution in [1.29, 1.82) is 0 Å². The van der Waals surface area contributed by atoms with Crippen LogP contribution in [-0.2, 0) is 4.79 Å². The van der Waals surface area contributed by atoms with Crippen LogP contribution in [0.2, 0.25) is 0 Å². The average molecular weight is 393 g/mol. The normalized spacial score (nSPS) is 51.4. The molecule has 0 radical (unpaired) electrons. The molecule has 150 valence electrons. The van der Waals surface area contributed by atoms with Gasteiger partial charge in [-0.3, -0.25) is 4.79 Å². The highest BCUT2D eigenvalue weighted by Gasteiger charge is 2.61. The fraction of sp³-hybridized carbons (Fsp3) is 0.870. The Morgan fingerprint density at radius 1 is 1.04 bits per heavy atom. The molecular formula is C23H33ClO3. The molecule has 0 aromatic heterocycles. The maximum atomic E-state index is 12.4. The van der Waals surface area contributed by atoms with E-state index in [0.717, 1.165) is 44.9 Å². The number of hydrogen-bond donors (Lipinski definition) is 2. The van der Waals surface area contributed by atoms with Crippen LogP contribution < -0.4 is 0 Å². The molecule has 0 aromatic carbocycles. The molecule has 3 nitrogen and oxygen atoms in total. The largest absolute Gasteiger partial charge is 0.389 e. The topological polar surface area (TPSA) is 57.5 Å². The van der Waals surface area contributed by atoms with Crippen molar-refractivity contribution in [2.24, 2.45) is 40.4 Å². The number of halogens is 1. The molecule has 0 spiro atoms. The minimum absolute atomic E-state index is 0.0504. The smallest absolute Gasteiger partial charge is 0.161 e. The number of rotatable bonds is 2. The van der Waals surface area contributed by atoms with Gasteiger partial charge in [0.15, 0.2) is 5.78 Å². The highest BCUT2D eigenvalue weighted by Crippen LogP contribution is 2.68. The molecule has 8 atom stereocenters. The van der Waals surface area contributed by atoms with Gasteiger partial charge in [0.05, 0.1) is 0 Å². The van der Waals surface area contributed by atoms with Crippen LogP contribution in [0, 0.1) is 51.7 Å². The molecule has 4 saturated carbocycles. The van der Waals surface area contributed by atoms with Gasteiger partial charge in [-0.2, -0.15) is 0 Å². The van der Waals surface area contributed by atoms with Crippen molar-refractivity contribution in [1.82, 2.24) is 0 Å². The molecule has 4 rings (SSSR count). The molecule has 4 aliphatic carbocycles. The van der Waals surface area contributed by atoms with E-state index >= 15 is 0 Å². The highest BCUT2D eigenvalue weighted by atomic mass is 35.5. The van der Waals surface area contributed by atoms with E-state index in [-0.39, 0.29) is 29.1 Å². The Kier molecular flexibility index (Phi) is 4.94. The summed E-state index contributed by atoms with van der Waals surface area (Å²) < 4.78 is 0. The maximum absolute atomic E-state index is 12.4. The molecule has 0 heterocycles. The van der Waals surface area contributed by atoms with Gasteiger partial charge in [0.2, 0.25) is 0 Å². The quantitative estimate of drug-likeness (QED) is 0.694. The number of aliphatic hydroxyl groups is 2. The molecule has 0 aromatic rings. The molecular weight excluding hydrogens is 360 g/mol. The zero-order valence-electron chi connectivity index (χ0n) is 16.6. The van der Waals surface area contributed by atoms with Gasteiger partial charge in [0.25, 0.3) is 0 Å². The number of hydrogen-bond acceptors (Lipinski definition) is 3. The van der Waals surface area contributed by atoms with Gasteiger partial charge in [-0.1, -0.05) is 19.8 Å². The van der Waals surface area contributed by atoms with Crippen LogP contribution in [0.3, 0.4) is 0 Å². The van der Waals surface area contributed by atoms with Gasteiger partial charge in [-0.05, 0) is 104 Å². The number of fused-ring (bicyclic) bond motifs is 5. The van der Waals surface area contributed by atoms with Crippen molar-refractivity contribution in [3.8, 4) is 11.3 Å². The van der Waals surface area contributed by atoms with Crippen LogP contribution in [0.4, 0.5) is 0 Å². The molecule has 27 heavy (non-hydrogen) atoms. The van der Waals surface area contributed by atoms with E-state index in [4.69, 9.17) is 11.6 Å². The standard InChI is InChI=1S/C23H33ClO3/c1-21-9-10-23(27,11-12-24)13-15(21)3-4-16-17-5-6-19(20(26)14-25)22(17,2)8-7-18(16)21/h15-19,25,27H,3-10,13-14H2,1-2H3/t15-,16+,17+,18+,19-,21+,22+,23+/m1/s1. The molecule has 0 bridgehead atoms. The van der Waals surface area contributed by atoms with Crippen LogP contribution >= 0.6 is 11.6 Å². The van der Waals surface area contributed by atoms with E-state index in [2.05, 4.69) is 25.1 Å². The van der Waals surface area contributed by atoms with Gasteiger partial charge < -0.3 is 10.2 Å². The lowest BCUT2D eigenvalue weighted by molar-refractivity contribution is -0.146. The maximum Gasteiger partial charge on any atom is 0.161 e. The summed E-state index contributed by atoms with van der Waals surface area (Å²) in [6.45, 7) is 4.47. The molecule has 4 fully saturated rings. The Balaban J connectivity index is 1.58. The lowest BCUT2D eigenvalue weighted by atomic mass is 9.44. The molecule has 4 heteroatoms. The average Bonchev–Trinajstić information content (AvgIpc) is 2.99. The van der Waals surface area contributed by atoms with E-state index in [1.807, 2.05) is 0 Å². The predicted molar refractivity (Wildman–Crippen MR) is 106 cm³/mol. The van der Waals surface area contributed by atoms with Crippen LogP contribution in [0.25, 0.3) is 0 Å². The predicted octanol–water partition coefficient (Wildman–Crippen LogP) is 4.14. The van der Waals surface area contributed by atoms with Crippen molar-refractivity contribution in [2.75, 3.05) is 6.61 Å². The Hall–Kier alpha value is -0.560. The van der Waals surface area contributed by atoms with E-state index in [9.17, 15) is 15.0 Å². The van der Waals surface area contributed by atoms with Crippen molar-refractivity contribution in [2.45, 2.75) is 77.2 Å². The van der Waals surface area contributed by atoms with Gasteiger partial charge in [0, 0.05) is 11.3 Å². The summed E-state index contributed by atoms with van der Waals surface area (Å²) in [4.78, 5) is 12.4. The second-order valence-electron chi connectivity index (χ2n) is 10.4. The number of carbonyl (C=O) groups is 1. The monoisotopic (exact) mass is 392 g/mol. The van der Waals surface area contributed by atoms with Crippen LogP contribution in [-0.4, -0.2) is 28.2 Å². The molecule has 0 saturated heterocycles. The minimum atomic E-state index is -0.909. The summed E-state index contributed by atoms with van der Waals surface area (Å²) in [6, 6.07) is 0. The lowest BCUT2D eigenvalue weighted by Crippen LogP contribution is -2.56. The molecule has 0 amide bonds. The van der Waals surface area contributed by atoms with E-state index in [1.54, 1.807) is 0 Å². The number of carbonyl (C=O) groups excluding carboxylic acids is 1. The number of aliphatic hydroxyl groups excluding tert-OH is 1. The van der Waals surface area contributed by atoms with Crippen molar-refractivity contribution < 1.29 is 15.0 Å². The van der Waals surface area contributed by atoms with Crippen LogP contribution in [0.15, 0.2) is 0 Å². The Morgan fingerprint density at radius 3 is 2.48 bits per heavy atom. The number of ketones is 1. The summed E-state index contributed by atoms with van der Waals surface area (Å²) in [5.41, 5.74) is -0.568. The van der Waals surface area contributed by atoms with Gasteiger partial charge in [-0.15, -0.1) is 0 Å². The molecule has 0 aliphatic heterocycles. The Morgan fingerprint density at radius 2 is 1.78 bits per heavy atom. The Labute approximate surface area is 168 Å². The first-order valence-electron chi connectivity index (χ1n) is 10.8. The van der Waals surface area contributed by atoms with Crippen molar-refractivity contribution >= 4 is 17.4 Å². The molecule has 0 unspecified atom stereocenters. The molecule has 2 N–H and O–H groups in total. The minimum Gasteiger partial charge on any atom is -0.389 e. The first-order valence-corrected chi connectivity index (χ1v) is 11.1. The third-order valence-corrected chi connectivity index (χ3v) is 9.65. The van der Waals surface area contributed by atoms with Crippen molar-refractivity contribution in [3.63, 3.8) is 0 Å². The van der Waals surface area contributed by atoms with E-state index in [1.165, 1.54) is 12.8 Å². The fourth-order valence-electron chi connectivity index (χ4n) is 8.09. The third kappa shape index (κ3) is 2.90. The zero-order valence-corrected chi connectivity index (χ0v) is 17.4. The summed E-state index contributed by atoms with van der Waals surface area (Å²) in [6.07, 6.45) is 9.21. The third-order valence-electron chi connectivity index (χ3n) is 9.55. The fourth-order valence-corrected chi connectivity index (χ4v) is 8.26. The first-order chi connectivity index (χ1) is 12.8. The molecule has 4 aliphatic rings. The Bertz CT molecular complexity index is 681. The van der Waals surface area contributed by atoms with Gasteiger partial charge in [-0.25, -0.2) is 0 Å². The summed E-state index contributed by atoms with van der Waals surface area (Å²) in [5, 5.41) is 22.7. The summed E-state index contributed by atoms with van der Waals surface area (Å²) in [7, 11) is 0. The first kappa shape index (κ1) is 19.7. The second-order valence-corrected chi connectivity index (χ2v) is 10.6. The zero-order chi connectivity index (χ0) is 19.4.